The van der Waals surface area contributed by atoms with Crippen LogP contribution in [0.4, 0.5) is 0 Å². The molecule has 3 N–H and O–H groups in total. The quantitative estimate of drug-likeness (QED) is 0.598. The Morgan fingerprint density at radius 2 is 2.16 bits per heavy atom. The van der Waals surface area contributed by atoms with Gasteiger partial charge in [-0.1, -0.05) is 6.92 Å². The van der Waals surface area contributed by atoms with E-state index in [1.165, 1.54) is 0 Å². The van der Waals surface area contributed by atoms with Gasteiger partial charge >= 0.3 is 0 Å². The molecule has 0 bridgehead atoms. The fourth-order valence-corrected chi connectivity index (χ4v) is 2.20. The predicted molar refractivity (Wildman–Crippen MR) is 71.5 cm³/mol. The maximum Gasteiger partial charge on any atom is 0.162 e. The van der Waals surface area contributed by atoms with Gasteiger partial charge in [0.2, 0.25) is 0 Å². The van der Waals surface area contributed by atoms with Gasteiger partial charge in [-0.2, -0.15) is 10.2 Å². The molecule has 2 heterocycles. The molecule has 0 amide bonds. The maximum absolute atomic E-state index is 5.72. The normalized spacial score (nSPS) is 12.7. The second kappa shape index (κ2) is 5.41. The van der Waals surface area contributed by atoms with Crippen molar-refractivity contribution >= 4 is 0 Å². The maximum atomic E-state index is 5.72. The molecule has 1 atom stereocenters. The van der Waals surface area contributed by atoms with E-state index in [2.05, 4.69) is 22.5 Å². The van der Waals surface area contributed by atoms with Crippen molar-refractivity contribution in [2.45, 2.75) is 19.4 Å². The molecule has 1 unspecified atom stereocenters. The van der Waals surface area contributed by atoms with Crippen LogP contribution in [0.25, 0.3) is 0 Å². The van der Waals surface area contributed by atoms with Crippen molar-refractivity contribution in [1.29, 1.82) is 0 Å². The molecule has 19 heavy (non-hydrogen) atoms. The van der Waals surface area contributed by atoms with Crippen molar-refractivity contribution in [3.63, 3.8) is 0 Å². The summed E-state index contributed by atoms with van der Waals surface area (Å²) in [4.78, 5) is 0. The zero-order chi connectivity index (χ0) is 14.0. The number of rotatable bonds is 5. The van der Waals surface area contributed by atoms with Gasteiger partial charge < -0.3 is 4.74 Å². The molecule has 2 aromatic heterocycles. The highest BCUT2D eigenvalue weighted by molar-refractivity contribution is 5.34. The third-order valence-corrected chi connectivity index (χ3v) is 3.23. The Kier molecular flexibility index (Phi) is 3.87. The molecule has 0 radical (unpaired) electrons. The largest absolute Gasteiger partial charge is 0.493 e. The molecule has 0 aromatic carbocycles. The van der Waals surface area contributed by atoms with Gasteiger partial charge in [-0.25, -0.2) is 5.43 Å². The monoisotopic (exact) mass is 264 g/mol. The molecule has 0 aliphatic heterocycles. The number of hydrogen-bond acceptors (Lipinski definition) is 5. The van der Waals surface area contributed by atoms with Crippen LogP contribution in [-0.4, -0.2) is 26.7 Å². The summed E-state index contributed by atoms with van der Waals surface area (Å²) in [6.07, 6.45) is 2.56. The average molecular weight is 264 g/mol. The molecule has 7 heteroatoms. The lowest BCUT2D eigenvalue weighted by Crippen LogP contribution is -2.32. The van der Waals surface area contributed by atoms with Crippen LogP contribution in [0.15, 0.2) is 12.3 Å². The second-order valence-corrected chi connectivity index (χ2v) is 4.36. The number of nitrogens with two attached hydrogens (primary N) is 1. The number of nitrogens with one attached hydrogen (secondary N) is 1. The number of nitrogens with zero attached hydrogens (tertiary/aromatic N) is 4. The van der Waals surface area contributed by atoms with Gasteiger partial charge in [-0.05, 0) is 12.5 Å². The second-order valence-electron chi connectivity index (χ2n) is 4.36. The Bertz CT molecular complexity index is 559. The fraction of sp³-hybridized carbons (Fsp3) is 0.500. The van der Waals surface area contributed by atoms with Crippen LogP contribution in [0.2, 0.25) is 0 Å². The Labute approximate surface area is 112 Å². The predicted octanol–water partition coefficient (Wildman–Crippen LogP) is 0.277. The van der Waals surface area contributed by atoms with Crippen LogP contribution in [0.5, 0.6) is 5.75 Å². The summed E-state index contributed by atoms with van der Waals surface area (Å²) in [6.45, 7) is 2.07. The van der Waals surface area contributed by atoms with E-state index in [1.807, 2.05) is 24.8 Å². The van der Waals surface area contributed by atoms with E-state index in [1.54, 1.807) is 18.0 Å². The summed E-state index contributed by atoms with van der Waals surface area (Å²) in [5.41, 5.74) is 5.68. The van der Waals surface area contributed by atoms with E-state index in [9.17, 15) is 0 Å². The summed E-state index contributed by atoms with van der Waals surface area (Å²) in [6, 6.07) is 1.82. The molecule has 0 saturated heterocycles. The molecule has 0 saturated carbocycles. The smallest absolute Gasteiger partial charge is 0.162 e. The Hall–Kier alpha value is -1.86. The molecular weight excluding hydrogens is 244 g/mol. The third-order valence-electron chi connectivity index (χ3n) is 3.23. The molecule has 2 rings (SSSR count). The molecule has 0 aliphatic carbocycles. The van der Waals surface area contributed by atoms with Crippen LogP contribution in [0.3, 0.4) is 0 Å². The molecule has 7 nitrogen and oxygen atoms in total. The van der Waals surface area contributed by atoms with Crippen molar-refractivity contribution in [3.05, 3.63) is 29.3 Å². The number of methoxy groups -OCH3 is 1. The van der Waals surface area contributed by atoms with Crippen LogP contribution < -0.4 is 16.0 Å². The van der Waals surface area contributed by atoms with Gasteiger partial charge in [0.1, 0.15) is 11.7 Å². The lowest BCUT2D eigenvalue weighted by atomic mass is 10.1. The van der Waals surface area contributed by atoms with Gasteiger partial charge in [-0.15, -0.1) is 0 Å². The number of aryl methyl sites for hydroxylation is 3. The topological polar surface area (TPSA) is 82.9 Å². The van der Waals surface area contributed by atoms with Crippen LogP contribution in [0, 0.1) is 0 Å². The first kappa shape index (κ1) is 13.6. The molecule has 0 fully saturated rings. The van der Waals surface area contributed by atoms with Crippen molar-refractivity contribution in [2.75, 3.05) is 7.11 Å². The Morgan fingerprint density at radius 1 is 1.42 bits per heavy atom. The standard InChI is InChI=1S/C12H20N6O/c1-5-8-6-9(17(2)16-8)11(15-13)12-10(19-4)7-14-18(12)3/h6-7,11,15H,5,13H2,1-4H3. The van der Waals surface area contributed by atoms with Crippen LogP contribution in [0.1, 0.15) is 30.0 Å². The van der Waals surface area contributed by atoms with E-state index in [0.717, 1.165) is 23.5 Å². The lowest BCUT2D eigenvalue weighted by Gasteiger charge is -2.17. The van der Waals surface area contributed by atoms with E-state index < -0.39 is 0 Å². The minimum absolute atomic E-state index is 0.222. The SMILES string of the molecule is CCc1cc(C(NN)c2c(OC)cnn2C)n(C)n1. The third kappa shape index (κ3) is 2.34. The molecule has 2 aromatic rings. The number of hydrazine groups is 1. The summed E-state index contributed by atoms with van der Waals surface area (Å²) in [5.74, 6) is 6.42. The zero-order valence-corrected chi connectivity index (χ0v) is 11.7. The highest BCUT2D eigenvalue weighted by Crippen LogP contribution is 2.29. The molecule has 0 spiro atoms. The van der Waals surface area contributed by atoms with E-state index in [4.69, 9.17) is 10.6 Å². The minimum Gasteiger partial charge on any atom is -0.493 e. The highest BCUT2D eigenvalue weighted by Gasteiger charge is 2.24. The van der Waals surface area contributed by atoms with E-state index in [-0.39, 0.29) is 6.04 Å². The molecule has 0 aliphatic rings. The van der Waals surface area contributed by atoms with Crippen molar-refractivity contribution in [1.82, 2.24) is 25.0 Å². The highest BCUT2D eigenvalue weighted by atomic mass is 16.5. The first-order valence-electron chi connectivity index (χ1n) is 6.17. The van der Waals surface area contributed by atoms with Crippen molar-refractivity contribution in [2.24, 2.45) is 19.9 Å². The van der Waals surface area contributed by atoms with Crippen LogP contribution >= 0.6 is 0 Å². The van der Waals surface area contributed by atoms with E-state index in [0.29, 0.717) is 5.75 Å². The average Bonchev–Trinajstić information content (AvgIpc) is 2.96. The van der Waals surface area contributed by atoms with Crippen molar-refractivity contribution < 1.29 is 4.74 Å². The van der Waals surface area contributed by atoms with Gasteiger partial charge in [0, 0.05) is 14.1 Å². The van der Waals surface area contributed by atoms with Gasteiger partial charge in [0.05, 0.1) is 24.7 Å². The summed E-state index contributed by atoms with van der Waals surface area (Å²) < 4.78 is 8.92. The molecule has 104 valence electrons. The Morgan fingerprint density at radius 3 is 2.68 bits per heavy atom. The first-order valence-corrected chi connectivity index (χ1v) is 6.17. The van der Waals surface area contributed by atoms with Gasteiger partial charge in [-0.3, -0.25) is 15.2 Å². The number of aromatic nitrogens is 4. The zero-order valence-electron chi connectivity index (χ0n) is 11.7. The first-order chi connectivity index (χ1) is 9.12. The number of ether oxygens (including phenoxy) is 1. The fourth-order valence-electron chi connectivity index (χ4n) is 2.20. The van der Waals surface area contributed by atoms with Crippen molar-refractivity contribution in [3.8, 4) is 5.75 Å². The van der Waals surface area contributed by atoms with Gasteiger partial charge in [0.25, 0.3) is 0 Å². The van der Waals surface area contributed by atoms with E-state index >= 15 is 0 Å². The lowest BCUT2D eigenvalue weighted by molar-refractivity contribution is 0.399. The van der Waals surface area contributed by atoms with Crippen LogP contribution in [-0.2, 0) is 20.5 Å². The summed E-state index contributed by atoms with van der Waals surface area (Å²) >= 11 is 0. The summed E-state index contributed by atoms with van der Waals surface area (Å²) in [5, 5.41) is 8.65. The minimum atomic E-state index is -0.222. The molecular formula is C12H20N6O. The Balaban J connectivity index is 2.49. The summed E-state index contributed by atoms with van der Waals surface area (Å²) in [7, 11) is 5.38. The van der Waals surface area contributed by atoms with Gasteiger partial charge in [0.15, 0.2) is 5.75 Å². The number of hydrogen-bond donors (Lipinski definition) is 2.